The molecule has 0 amide bonds. The second-order valence-corrected chi connectivity index (χ2v) is 5.85. The van der Waals surface area contributed by atoms with Crippen LogP contribution in [0.3, 0.4) is 0 Å². The summed E-state index contributed by atoms with van der Waals surface area (Å²) >= 11 is 0. The second kappa shape index (κ2) is 9.75. The minimum absolute atomic E-state index is 0. The molecular formula is C20H11NNa2O6. The molecule has 4 aromatic rings. The van der Waals surface area contributed by atoms with E-state index in [4.69, 9.17) is 9.15 Å². The Labute approximate surface area is 209 Å². The van der Waals surface area contributed by atoms with Crippen molar-refractivity contribution in [2.75, 3.05) is 0 Å². The monoisotopic (exact) mass is 407 g/mol. The fourth-order valence-corrected chi connectivity index (χ4v) is 2.75. The number of rotatable bonds is 5. The Balaban J connectivity index is 0.00000150. The number of hydrogen-bond donors (Lipinski definition) is 0. The number of aliphatic carboxylic acids is 2. The molecule has 0 bridgehead atoms. The van der Waals surface area contributed by atoms with Gasteiger partial charge in [-0.15, -0.1) is 0 Å². The van der Waals surface area contributed by atoms with E-state index in [0.717, 1.165) is 21.9 Å². The average Bonchev–Trinajstić information content (AvgIpc) is 3.09. The largest absolute Gasteiger partial charge is 1.00 e. The zero-order valence-electron chi connectivity index (χ0n) is 15.7. The third-order valence-corrected chi connectivity index (χ3v) is 4.03. The van der Waals surface area contributed by atoms with Crippen LogP contribution in [0.5, 0.6) is 5.75 Å². The van der Waals surface area contributed by atoms with E-state index in [1.54, 1.807) is 18.2 Å². The van der Waals surface area contributed by atoms with E-state index in [2.05, 4.69) is 4.98 Å². The number of aromatic nitrogens is 1. The van der Waals surface area contributed by atoms with Crippen LogP contribution in [0, 0.1) is 0 Å². The summed E-state index contributed by atoms with van der Waals surface area (Å²) in [5.74, 6) is -3.19. The Kier molecular flexibility index (Phi) is 7.87. The predicted molar refractivity (Wildman–Crippen MR) is 91.4 cm³/mol. The summed E-state index contributed by atoms with van der Waals surface area (Å²) in [6.45, 7) is 0. The first kappa shape index (κ1) is 23.4. The summed E-state index contributed by atoms with van der Waals surface area (Å²) in [5.41, 5.74) is 2.22. The fraction of sp³-hybridized carbons (Fsp3) is 0.0500. The molecule has 134 valence electrons. The molecule has 9 heteroatoms. The number of nitrogens with zero attached hydrogens (tertiary/aromatic N) is 1. The van der Waals surface area contributed by atoms with E-state index in [9.17, 15) is 19.8 Å². The third kappa shape index (κ3) is 5.01. The molecule has 29 heavy (non-hydrogen) atoms. The Hall–Kier alpha value is -1.87. The molecule has 4 rings (SSSR count). The van der Waals surface area contributed by atoms with Gasteiger partial charge in [0, 0.05) is 5.56 Å². The average molecular weight is 407 g/mol. The standard InChI is InChI=1S/C20H13NO6.2Na/c22-19(23)17(20(24)25)26-14-8-7-11-9-13(6-5-12(11)10-14)18-21-15-3-1-2-4-16(15)27-18;;/h1-10,17H,(H,22,23)(H,24,25);;/q;2*+1/p-2. The molecule has 0 N–H and O–H groups in total. The first-order valence-electron chi connectivity index (χ1n) is 7.99. The van der Waals surface area contributed by atoms with Crippen molar-refractivity contribution < 1.29 is 88.1 Å². The number of carbonyl (C=O) groups is 2. The summed E-state index contributed by atoms with van der Waals surface area (Å²) in [5, 5.41) is 23.2. The molecule has 0 radical (unpaired) electrons. The van der Waals surface area contributed by atoms with Gasteiger partial charge >= 0.3 is 59.1 Å². The maximum atomic E-state index is 10.8. The fourth-order valence-electron chi connectivity index (χ4n) is 2.75. The van der Waals surface area contributed by atoms with Crippen LogP contribution < -0.4 is 74.1 Å². The van der Waals surface area contributed by atoms with Gasteiger partial charge in [0.1, 0.15) is 11.3 Å². The number of para-hydroxylation sites is 2. The van der Waals surface area contributed by atoms with Gasteiger partial charge in [-0.2, -0.15) is 0 Å². The topological polar surface area (TPSA) is 116 Å². The van der Waals surface area contributed by atoms with Crippen molar-refractivity contribution in [1.29, 1.82) is 0 Å². The molecule has 0 saturated heterocycles. The predicted octanol–water partition coefficient (Wildman–Crippen LogP) is -5.10. The van der Waals surface area contributed by atoms with Crippen LogP contribution in [-0.2, 0) is 9.59 Å². The molecule has 1 heterocycles. The molecule has 0 atom stereocenters. The molecule has 0 aliphatic rings. The van der Waals surface area contributed by atoms with E-state index in [1.165, 1.54) is 12.1 Å². The number of hydrogen-bond acceptors (Lipinski definition) is 7. The molecule has 0 spiro atoms. The van der Waals surface area contributed by atoms with Gasteiger partial charge in [0.15, 0.2) is 11.7 Å². The second-order valence-electron chi connectivity index (χ2n) is 5.85. The number of fused-ring (bicyclic) bond motifs is 2. The molecule has 0 unspecified atom stereocenters. The van der Waals surface area contributed by atoms with Crippen molar-refractivity contribution in [2.45, 2.75) is 6.10 Å². The van der Waals surface area contributed by atoms with E-state index in [1.807, 2.05) is 30.3 Å². The summed E-state index contributed by atoms with van der Waals surface area (Å²) in [4.78, 5) is 26.1. The molecule has 0 saturated carbocycles. The third-order valence-electron chi connectivity index (χ3n) is 4.03. The van der Waals surface area contributed by atoms with Gasteiger partial charge in [0.2, 0.25) is 5.89 Å². The molecule has 7 nitrogen and oxygen atoms in total. The van der Waals surface area contributed by atoms with E-state index in [-0.39, 0.29) is 64.9 Å². The van der Waals surface area contributed by atoms with Gasteiger partial charge < -0.3 is 29.0 Å². The zero-order chi connectivity index (χ0) is 19.0. The van der Waals surface area contributed by atoms with Crippen molar-refractivity contribution in [3.05, 3.63) is 60.7 Å². The Morgan fingerprint density at radius 2 is 1.55 bits per heavy atom. The number of carbonyl (C=O) groups excluding carboxylic acids is 2. The summed E-state index contributed by atoms with van der Waals surface area (Å²) in [6, 6.07) is 17.6. The van der Waals surface area contributed by atoms with E-state index >= 15 is 0 Å². The van der Waals surface area contributed by atoms with Crippen molar-refractivity contribution in [3.63, 3.8) is 0 Å². The van der Waals surface area contributed by atoms with Gasteiger partial charge in [-0.25, -0.2) is 4.98 Å². The van der Waals surface area contributed by atoms with Gasteiger partial charge in [-0.3, -0.25) is 0 Å². The Morgan fingerprint density at radius 1 is 0.897 bits per heavy atom. The van der Waals surface area contributed by atoms with Crippen LogP contribution in [0.25, 0.3) is 33.3 Å². The molecule has 0 aliphatic carbocycles. The van der Waals surface area contributed by atoms with Crippen molar-refractivity contribution in [2.24, 2.45) is 0 Å². The molecule has 3 aromatic carbocycles. The SMILES string of the molecule is O=C([O-])C(Oc1ccc2cc(-c3nc4ccccc4o3)ccc2c1)C(=O)[O-].[Na+].[Na+]. The maximum Gasteiger partial charge on any atom is 1.00 e. The smallest absolute Gasteiger partial charge is 0.546 e. The summed E-state index contributed by atoms with van der Waals surface area (Å²) in [6.07, 6.45) is -2.18. The van der Waals surface area contributed by atoms with Crippen LogP contribution in [-0.4, -0.2) is 23.0 Å². The van der Waals surface area contributed by atoms with Gasteiger partial charge in [0.05, 0.1) is 11.9 Å². The number of benzene rings is 3. The molecule has 0 fully saturated rings. The maximum absolute atomic E-state index is 10.8. The van der Waals surface area contributed by atoms with Crippen LogP contribution in [0.2, 0.25) is 0 Å². The van der Waals surface area contributed by atoms with Crippen LogP contribution in [0.15, 0.2) is 65.1 Å². The normalized spacial score (nSPS) is 10.4. The van der Waals surface area contributed by atoms with Crippen LogP contribution in [0.4, 0.5) is 0 Å². The zero-order valence-corrected chi connectivity index (χ0v) is 19.7. The minimum Gasteiger partial charge on any atom is -0.546 e. The summed E-state index contributed by atoms with van der Waals surface area (Å²) < 4.78 is 10.7. The Morgan fingerprint density at radius 3 is 2.24 bits per heavy atom. The van der Waals surface area contributed by atoms with Crippen molar-refractivity contribution in [1.82, 2.24) is 4.98 Å². The summed E-state index contributed by atoms with van der Waals surface area (Å²) in [7, 11) is 0. The number of oxazole rings is 1. The van der Waals surface area contributed by atoms with Crippen molar-refractivity contribution >= 4 is 33.8 Å². The molecule has 0 aliphatic heterocycles. The first-order chi connectivity index (χ1) is 13.0. The first-order valence-corrected chi connectivity index (χ1v) is 7.99. The van der Waals surface area contributed by atoms with Gasteiger partial charge in [-0.05, 0) is 47.2 Å². The Bertz CT molecular complexity index is 1140. The number of carboxylic acids is 2. The van der Waals surface area contributed by atoms with Gasteiger partial charge in [-0.1, -0.05) is 24.3 Å². The minimum atomic E-state index is -2.18. The number of ether oxygens (including phenoxy) is 1. The quantitative estimate of drug-likeness (QED) is 0.240. The van der Waals surface area contributed by atoms with Crippen LogP contribution in [0.1, 0.15) is 0 Å². The van der Waals surface area contributed by atoms with E-state index < -0.39 is 18.0 Å². The van der Waals surface area contributed by atoms with Gasteiger partial charge in [0.25, 0.3) is 0 Å². The van der Waals surface area contributed by atoms with Crippen LogP contribution >= 0.6 is 0 Å². The molecular weight excluding hydrogens is 396 g/mol. The van der Waals surface area contributed by atoms with Crippen molar-refractivity contribution in [3.8, 4) is 17.2 Å². The number of carboxylic acid groups (broad SMARTS) is 2. The molecule has 1 aromatic heterocycles. The van der Waals surface area contributed by atoms with E-state index in [0.29, 0.717) is 11.5 Å².